The van der Waals surface area contributed by atoms with Crippen molar-refractivity contribution in [3.8, 4) is 0 Å². The first-order valence-corrected chi connectivity index (χ1v) is 8.24. The van der Waals surface area contributed by atoms with E-state index in [0.29, 0.717) is 6.04 Å². The van der Waals surface area contributed by atoms with Crippen LogP contribution >= 0.6 is 15.9 Å². The molecule has 1 aliphatic carbocycles. The number of ether oxygens (including phenoxy) is 1. The van der Waals surface area contributed by atoms with Gasteiger partial charge in [0.05, 0.1) is 21.5 Å². The maximum absolute atomic E-state index is 5.98. The molecule has 20 heavy (non-hydrogen) atoms. The fourth-order valence-corrected chi connectivity index (χ4v) is 3.99. The van der Waals surface area contributed by atoms with Gasteiger partial charge in [-0.2, -0.15) is 5.10 Å². The number of likely N-dealkylation sites (N-methyl/N-ethyl adjacent to an activating group) is 1. The van der Waals surface area contributed by atoms with Crippen LogP contribution in [0.25, 0.3) is 0 Å². The third kappa shape index (κ3) is 2.95. The maximum Gasteiger partial charge on any atom is 0.0834 e. The van der Waals surface area contributed by atoms with Gasteiger partial charge in [0.1, 0.15) is 0 Å². The highest BCUT2D eigenvalue weighted by Gasteiger charge is 2.40. The van der Waals surface area contributed by atoms with Crippen LogP contribution in [0.3, 0.4) is 0 Å². The van der Waals surface area contributed by atoms with Gasteiger partial charge in [0, 0.05) is 26.6 Å². The van der Waals surface area contributed by atoms with Crippen LogP contribution in [0, 0.1) is 6.92 Å². The predicted molar refractivity (Wildman–Crippen MR) is 85.0 cm³/mol. The van der Waals surface area contributed by atoms with Crippen molar-refractivity contribution in [2.45, 2.75) is 57.1 Å². The lowest BCUT2D eigenvalue weighted by Gasteiger charge is -2.42. The Labute approximate surface area is 130 Å². The third-order valence-electron chi connectivity index (χ3n) is 4.75. The van der Waals surface area contributed by atoms with Crippen molar-refractivity contribution in [2.75, 3.05) is 14.2 Å². The molecule has 0 aromatic carbocycles. The summed E-state index contributed by atoms with van der Waals surface area (Å²) >= 11 is 3.67. The molecule has 1 aromatic heterocycles. The van der Waals surface area contributed by atoms with Gasteiger partial charge in [-0.05, 0) is 42.7 Å². The van der Waals surface area contributed by atoms with Gasteiger partial charge in [-0.1, -0.05) is 19.3 Å². The largest absolute Gasteiger partial charge is 0.377 e. The molecule has 1 aliphatic rings. The molecule has 2 rings (SSSR count). The number of nitrogens with one attached hydrogen (secondary N) is 1. The second-order valence-electron chi connectivity index (χ2n) is 5.84. The van der Waals surface area contributed by atoms with Gasteiger partial charge in [-0.3, -0.25) is 4.68 Å². The minimum Gasteiger partial charge on any atom is -0.377 e. The normalized spacial score (nSPS) is 20.1. The quantitative estimate of drug-likeness (QED) is 0.893. The van der Waals surface area contributed by atoms with E-state index in [2.05, 4.69) is 26.3 Å². The zero-order valence-electron chi connectivity index (χ0n) is 13.0. The Kier molecular flexibility index (Phi) is 5.26. The Balaban J connectivity index is 2.23. The van der Waals surface area contributed by atoms with Gasteiger partial charge in [0.2, 0.25) is 0 Å². The second kappa shape index (κ2) is 6.58. The third-order valence-corrected chi connectivity index (χ3v) is 5.78. The number of hydrogen-bond donors (Lipinski definition) is 1. The maximum atomic E-state index is 5.98. The van der Waals surface area contributed by atoms with Crippen LogP contribution in [0.1, 0.15) is 43.5 Å². The van der Waals surface area contributed by atoms with Gasteiger partial charge in [-0.25, -0.2) is 0 Å². The first kappa shape index (κ1) is 16.0. The lowest BCUT2D eigenvalue weighted by Crippen LogP contribution is -2.53. The molecule has 0 saturated heterocycles. The van der Waals surface area contributed by atoms with Crippen LogP contribution < -0.4 is 5.32 Å². The van der Waals surface area contributed by atoms with Crippen LogP contribution in [0.15, 0.2) is 4.47 Å². The monoisotopic (exact) mass is 343 g/mol. The van der Waals surface area contributed by atoms with E-state index in [1.165, 1.54) is 25.0 Å². The van der Waals surface area contributed by atoms with Crippen molar-refractivity contribution in [1.29, 1.82) is 0 Å². The highest BCUT2D eigenvalue weighted by molar-refractivity contribution is 9.10. The summed E-state index contributed by atoms with van der Waals surface area (Å²) in [5.41, 5.74) is 2.25. The number of rotatable bonds is 5. The van der Waals surface area contributed by atoms with Crippen LogP contribution in [-0.4, -0.2) is 35.6 Å². The van der Waals surface area contributed by atoms with Crippen molar-refractivity contribution in [1.82, 2.24) is 15.1 Å². The summed E-state index contributed by atoms with van der Waals surface area (Å²) in [5.74, 6) is 0. The van der Waals surface area contributed by atoms with Gasteiger partial charge in [0.15, 0.2) is 0 Å². The second-order valence-corrected chi connectivity index (χ2v) is 6.64. The fourth-order valence-electron chi connectivity index (χ4n) is 3.49. The Bertz CT molecular complexity index is 452. The first-order chi connectivity index (χ1) is 9.54. The molecule has 114 valence electrons. The zero-order valence-corrected chi connectivity index (χ0v) is 14.6. The predicted octanol–water partition coefficient (Wildman–Crippen LogP) is 2.97. The SMILES string of the molecule is CNC(Cc1c(Br)c(C)nn1C)C1(OC)CCCCC1. The molecule has 1 fully saturated rings. The molecule has 1 saturated carbocycles. The highest BCUT2D eigenvalue weighted by Crippen LogP contribution is 2.36. The molecule has 1 N–H and O–H groups in total. The van der Waals surface area contributed by atoms with E-state index >= 15 is 0 Å². The van der Waals surface area contributed by atoms with E-state index in [0.717, 1.165) is 29.4 Å². The minimum atomic E-state index is -0.0371. The smallest absolute Gasteiger partial charge is 0.0834 e. The molecule has 4 nitrogen and oxygen atoms in total. The average Bonchev–Trinajstić information content (AvgIpc) is 2.71. The molecule has 0 aliphatic heterocycles. The summed E-state index contributed by atoms with van der Waals surface area (Å²) in [5, 5.41) is 7.98. The van der Waals surface area contributed by atoms with E-state index < -0.39 is 0 Å². The number of hydrogen-bond acceptors (Lipinski definition) is 3. The van der Waals surface area contributed by atoms with E-state index in [4.69, 9.17) is 4.74 Å². The Morgan fingerprint density at radius 1 is 1.40 bits per heavy atom. The molecular weight excluding hydrogens is 318 g/mol. The van der Waals surface area contributed by atoms with Crippen LogP contribution in [0.2, 0.25) is 0 Å². The standard InChI is InChI=1S/C15H26BrN3O/c1-11-14(16)12(19(3)18-11)10-13(17-2)15(20-4)8-6-5-7-9-15/h13,17H,5-10H2,1-4H3. The molecule has 5 heteroatoms. The van der Waals surface area contributed by atoms with Gasteiger partial charge in [-0.15, -0.1) is 0 Å². The van der Waals surface area contributed by atoms with Gasteiger partial charge < -0.3 is 10.1 Å². The van der Waals surface area contributed by atoms with Crippen molar-refractivity contribution in [3.05, 3.63) is 15.9 Å². The van der Waals surface area contributed by atoms with E-state index in [1.807, 2.05) is 32.8 Å². The summed E-state index contributed by atoms with van der Waals surface area (Å²) < 4.78 is 9.09. The first-order valence-electron chi connectivity index (χ1n) is 7.44. The molecule has 1 atom stereocenters. The topological polar surface area (TPSA) is 39.1 Å². The van der Waals surface area contributed by atoms with Crippen molar-refractivity contribution in [3.63, 3.8) is 0 Å². The molecule has 0 radical (unpaired) electrons. The zero-order chi connectivity index (χ0) is 14.8. The summed E-state index contributed by atoms with van der Waals surface area (Å²) in [7, 11) is 5.91. The molecule has 0 amide bonds. The molecule has 1 unspecified atom stereocenters. The molecule has 1 heterocycles. The molecule has 0 bridgehead atoms. The number of aromatic nitrogens is 2. The summed E-state index contributed by atoms with van der Waals surface area (Å²) in [6, 6.07) is 0.318. The number of aryl methyl sites for hydroxylation is 2. The lowest BCUT2D eigenvalue weighted by molar-refractivity contribution is -0.0660. The van der Waals surface area contributed by atoms with Crippen LogP contribution in [-0.2, 0) is 18.2 Å². The van der Waals surface area contributed by atoms with Crippen molar-refractivity contribution < 1.29 is 4.74 Å². The average molecular weight is 344 g/mol. The Morgan fingerprint density at radius 3 is 2.50 bits per heavy atom. The Hall–Kier alpha value is -0.390. The Morgan fingerprint density at radius 2 is 2.05 bits per heavy atom. The minimum absolute atomic E-state index is 0.0371. The lowest BCUT2D eigenvalue weighted by atomic mass is 9.77. The van der Waals surface area contributed by atoms with Crippen molar-refractivity contribution in [2.24, 2.45) is 7.05 Å². The van der Waals surface area contributed by atoms with E-state index in [-0.39, 0.29) is 5.60 Å². The molecular formula is C15H26BrN3O. The number of methoxy groups -OCH3 is 1. The summed E-state index contributed by atoms with van der Waals surface area (Å²) in [6.45, 7) is 2.04. The number of halogens is 1. The van der Waals surface area contributed by atoms with Gasteiger partial charge in [0.25, 0.3) is 0 Å². The summed E-state index contributed by atoms with van der Waals surface area (Å²) in [6.07, 6.45) is 7.07. The molecule has 0 spiro atoms. The van der Waals surface area contributed by atoms with Crippen molar-refractivity contribution >= 4 is 15.9 Å². The van der Waals surface area contributed by atoms with Crippen LogP contribution in [0.4, 0.5) is 0 Å². The van der Waals surface area contributed by atoms with Gasteiger partial charge >= 0.3 is 0 Å². The van der Waals surface area contributed by atoms with E-state index in [9.17, 15) is 0 Å². The summed E-state index contributed by atoms with van der Waals surface area (Å²) in [4.78, 5) is 0. The fraction of sp³-hybridized carbons (Fsp3) is 0.800. The van der Waals surface area contributed by atoms with E-state index in [1.54, 1.807) is 0 Å². The molecule has 1 aromatic rings. The number of nitrogens with zero attached hydrogens (tertiary/aromatic N) is 2. The highest BCUT2D eigenvalue weighted by atomic mass is 79.9. The van der Waals surface area contributed by atoms with Crippen LogP contribution in [0.5, 0.6) is 0 Å².